The fraction of sp³-hybridized carbons (Fsp3) is 0.409. The molecular formula is C22H27N7. The van der Waals surface area contributed by atoms with Gasteiger partial charge in [-0.25, -0.2) is 19.6 Å². The van der Waals surface area contributed by atoms with Gasteiger partial charge in [-0.15, -0.1) is 0 Å². The Hall–Kier alpha value is -2.93. The first kappa shape index (κ1) is 18.1. The van der Waals surface area contributed by atoms with Gasteiger partial charge in [0.15, 0.2) is 11.5 Å². The fourth-order valence-electron chi connectivity index (χ4n) is 4.33. The van der Waals surface area contributed by atoms with Crippen LogP contribution in [-0.2, 0) is 0 Å². The van der Waals surface area contributed by atoms with E-state index in [2.05, 4.69) is 32.9 Å². The van der Waals surface area contributed by atoms with E-state index >= 15 is 0 Å². The number of anilines is 1. The maximum absolute atomic E-state index is 6.21. The van der Waals surface area contributed by atoms with Gasteiger partial charge in [-0.2, -0.15) is 0 Å². The zero-order valence-electron chi connectivity index (χ0n) is 16.6. The highest BCUT2D eigenvalue weighted by Gasteiger charge is 2.24. The minimum absolute atomic E-state index is 0.254. The van der Waals surface area contributed by atoms with Crippen molar-refractivity contribution in [3.63, 3.8) is 0 Å². The highest BCUT2D eigenvalue weighted by Crippen LogP contribution is 2.31. The van der Waals surface area contributed by atoms with Gasteiger partial charge >= 0.3 is 0 Å². The van der Waals surface area contributed by atoms with Crippen LogP contribution in [0.25, 0.3) is 28.1 Å². The van der Waals surface area contributed by atoms with Crippen LogP contribution in [0.3, 0.4) is 0 Å². The second kappa shape index (κ2) is 7.48. The summed E-state index contributed by atoms with van der Waals surface area (Å²) >= 11 is 0. The molecular weight excluding hydrogens is 362 g/mol. The maximum Gasteiger partial charge on any atom is 0.180 e. The summed E-state index contributed by atoms with van der Waals surface area (Å²) in [6, 6.07) is 8.30. The quantitative estimate of drug-likeness (QED) is 0.714. The van der Waals surface area contributed by atoms with Gasteiger partial charge in [0.2, 0.25) is 0 Å². The molecule has 7 nitrogen and oxygen atoms in total. The van der Waals surface area contributed by atoms with Crippen LogP contribution in [0.4, 0.5) is 5.82 Å². The largest absolute Gasteiger partial charge is 0.383 e. The highest BCUT2D eigenvalue weighted by atomic mass is 15.6. The van der Waals surface area contributed by atoms with Crippen molar-refractivity contribution in [2.24, 2.45) is 5.73 Å². The molecule has 0 unspecified atom stereocenters. The zero-order chi connectivity index (χ0) is 19.8. The predicted molar refractivity (Wildman–Crippen MR) is 117 cm³/mol. The monoisotopic (exact) mass is 389 g/mol. The van der Waals surface area contributed by atoms with E-state index in [-0.39, 0.29) is 6.04 Å². The van der Waals surface area contributed by atoms with Crippen molar-refractivity contribution < 1.29 is 0 Å². The van der Waals surface area contributed by atoms with Crippen LogP contribution in [-0.4, -0.2) is 38.8 Å². The number of nitrogen functional groups attached to an aromatic ring is 1. The Morgan fingerprint density at radius 3 is 2.66 bits per heavy atom. The molecule has 1 fully saturated rings. The number of hydrogen-bond acceptors (Lipinski definition) is 6. The molecule has 0 atom stereocenters. The Kier molecular flexibility index (Phi) is 4.67. The van der Waals surface area contributed by atoms with Crippen molar-refractivity contribution >= 4 is 22.6 Å². The molecule has 0 radical (unpaired) electrons. The van der Waals surface area contributed by atoms with Crippen molar-refractivity contribution in [3.8, 4) is 11.4 Å². The third kappa shape index (κ3) is 3.35. The Morgan fingerprint density at radius 2 is 1.90 bits per heavy atom. The van der Waals surface area contributed by atoms with E-state index < -0.39 is 0 Å². The molecule has 3 aromatic heterocycles. The van der Waals surface area contributed by atoms with Crippen molar-refractivity contribution in [3.05, 3.63) is 42.2 Å². The summed E-state index contributed by atoms with van der Waals surface area (Å²) in [6.45, 7) is 1.74. The van der Waals surface area contributed by atoms with Crippen molar-refractivity contribution in [2.45, 2.75) is 44.6 Å². The smallest absolute Gasteiger partial charge is 0.180 e. The SMILES string of the molecule is Nc1ncccc1-c1nc2ccc(C3=CCCCC3)nc2n1N1CCC(N)CC1. The molecule has 5 rings (SSSR count). The van der Waals surface area contributed by atoms with Crippen LogP contribution in [0.2, 0.25) is 0 Å². The average Bonchev–Trinajstić information content (AvgIpc) is 3.14. The van der Waals surface area contributed by atoms with E-state index in [0.29, 0.717) is 5.82 Å². The number of aromatic nitrogens is 4. The molecule has 0 bridgehead atoms. The molecule has 0 aromatic carbocycles. The lowest BCUT2D eigenvalue weighted by Crippen LogP contribution is -2.45. The van der Waals surface area contributed by atoms with Crippen molar-refractivity contribution in [2.75, 3.05) is 23.8 Å². The number of fused-ring (bicyclic) bond motifs is 1. The van der Waals surface area contributed by atoms with E-state index in [9.17, 15) is 0 Å². The summed E-state index contributed by atoms with van der Waals surface area (Å²) in [7, 11) is 0. The molecule has 3 aromatic rings. The van der Waals surface area contributed by atoms with Gasteiger partial charge in [-0.3, -0.25) is 0 Å². The number of imidazole rings is 1. The van der Waals surface area contributed by atoms with Gasteiger partial charge in [0, 0.05) is 25.3 Å². The first-order valence-electron chi connectivity index (χ1n) is 10.5. The van der Waals surface area contributed by atoms with Gasteiger partial charge in [-0.1, -0.05) is 6.08 Å². The van der Waals surface area contributed by atoms with Gasteiger partial charge < -0.3 is 16.5 Å². The Bertz CT molecular complexity index is 1060. The second-order valence-corrected chi connectivity index (χ2v) is 7.99. The fourth-order valence-corrected chi connectivity index (χ4v) is 4.33. The van der Waals surface area contributed by atoms with Gasteiger partial charge in [-0.05, 0) is 68.4 Å². The average molecular weight is 390 g/mol. The molecule has 4 heterocycles. The lowest BCUT2D eigenvalue weighted by atomic mass is 9.97. The van der Waals surface area contributed by atoms with E-state index in [1.165, 1.54) is 18.4 Å². The van der Waals surface area contributed by atoms with Crippen LogP contribution in [0.5, 0.6) is 0 Å². The molecule has 0 amide bonds. The predicted octanol–water partition coefficient (Wildman–Crippen LogP) is 3.09. The van der Waals surface area contributed by atoms with E-state index in [0.717, 1.165) is 67.0 Å². The molecule has 1 saturated heterocycles. The Balaban J connectivity index is 1.68. The lowest BCUT2D eigenvalue weighted by molar-refractivity contribution is 0.439. The molecule has 0 saturated carbocycles. The first-order valence-corrected chi connectivity index (χ1v) is 10.5. The minimum Gasteiger partial charge on any atom is -0.383 e. The number of nitrogens with zero attached hydrogens (tertiary/aromatic N) is 5. The summed E-state index contributed by atoms with van der Waals surface area (Å²) in [5.41, 5.74) is 17.3. The van der Waals surface area contributed by atoms with E-state index in [1.54, 1.807) is 6.20 Å². The molecule has 4 N–H and O–H groups in total. The van der Waals surface area contributed by atoms with E-state index in [4.69, 9.17) is 21.4 Å². The van der Waals surface area contributed by atoms with Gasteiger partial charge in [0.25, 0.3) is 0 Å². The van der Waals surface area contributed by atoms with Crippen LogP contribution >= 0.6 is 0 Å². The maximum atomic E-state index is 6.21. The van der Waals surface area contributed by atoms with Crippen LogP contribution in [0, 0.1) is 0 Å². The molecule has 2 aliphatic rings. The number of rotatable bonds is 3. The first-order chi connectivity index (χ1) is 14.2. The topological polar surface area (TPSA) is 98.9 Å². The second-order valence-electron chi connectivity index (χ2n) is 7.99. The van der Waals surface area contributed by atoms with Crippen molar-refractivity contribution in [1.29, 1.82) is 0 Å². The molecule has 1 aliphatic carbocycles. The van der Waals surface area contributed by atoms with Crippen LogP contribution in [0.15, 0.2) is 36.5 Å². The third-order valence-electron chi connectivity index (χ3n) is 5.98. The number of hydrogen-bond donors (Lipinski definition) is 2. The van der Waals surface area contributed by atoms with E-state index in [1.807, 2.05) is 12.1 Å². The van der Waals surface area contributed by atoms with Crippen LogP contribution in [0.1, 0.15) is 44.2 Å². The summed E-state index contributed by atoms with van der Waals surface area (Å²) in [5.74, 6) is 1.27. The Labute approximate surface area is 170 Å². The van der Waals surface area contributed by atoms with Crippen LogP contribution < -0.4 is 16.5 Å². The summed E-state index contributed by atoms with van der Waals surface area (Å²) in [4.78, 5) is 14.3. The summed E-state index contributed by atoms with van der Waals surface area (Å²) < 4.78 is 2.14. The number of pyridine rings is 2. The standard InChI is InChI=1S/C22H27N7/c23-16-10-13-28(14-11-16)29-21(17-7-4-12-25-20(17)24)27-19-9-8-18(26-22(19)29)15-5-2-1-3-6-15/h4-5,7-9,12,16H,1-3,6,10-11,13-14,23H2,(H2,24,25). The number of allylic oxidation sites excluding steroid dienone is 2. The third-order valence-corrected chi connectivity index (χ3v) is 5.98. The van der Waals surface area contributed by atoms with Gasteiger partial charge in [0.1, 0.15) is 11.3 Å². The normalized spacial score (nSPS) is 18.2. The molecule has 150 valence electrons. The lowest BCUT2D eigenvalue weighted by Gasteiger charge is -2.33. The Morgan fingerprint density at radius 1 is 1.03 bits per heavy atom. The minimum atomic E-state index is 0.254. The highest BCUT2D eigenvalue weighted by molar-refractivity contribution is 5.82. The molecule has 1 aliphatic heterocycles. The molecule has 7 heteroatoms. The number of piperidine rings is 1. The number of nitrogens with two attached hydrogens (primary N) is 2. The zero-order valence-corrected chi connectivity index (χ0v) is 16.6. The summed E-state index contributed by atoms with van der Waals surface area (Å²) in [5, 5.41) is 2.30. The van der Waals surface area contributed by atoms with Crippen molar-refractivity contribution in [1.82, 2.24) is 19.6 Å². The summed E-state index contributed by atoms with van der Waals surface area (Å²) in [6.07, 6.45) is 10.7. The molecule has 29 heavy (non-hydrogen) atoms. The molecule has 0 spiro atoms. The van der Waals surface area contributed by atoms with Gasteiger partial charge in [0.05, 0.1) is 11.3 Å².